The molecule has 0 amide bonds. The van der Waals surface area contributed by atoms with Crippen LogP contribution in [0, 0.1) is 0 Å². The Hall–Kier alpha value is -11.0. The maximum atomic E-state index is 10.1. The largest absolute Gasteiger partial charge is 0.489 e. The summed E-state index contributed by atoms with van der Waals surface area (Å²) >= 11 is 3.55. The predicted octanol–water partition coefficient (Wildman–Crippen LogP) is 23.4. The zero-order chi connectivity index (χ0) is 61.7. The summed E-state index contributed by atoms with van der Waals surface area (Å²) in [5, 5.41) is 44.4. The van der Waals surface area contributed by atoms with Gasteiger partial charge in [-0.05, 0) is 199 Å². The molecule has 2 nitrogen and oxygen atoms in total. The number of benzene rings is 18. The van der Waals surface area contributed by atoms with Gasteiger partial charge in [0.1, 0.15) is 0 Å². The van der Waals surface area contributed by atoms with Crippen molar-refractivity contribution in [1.82, 2.24) is 0 Å². The van der Waals surface area contributed by atoms with Crippen LogP contribution in [0.5, 0.6) is 0 Å². The summed E-state index contributed by atoms with van der Waals surface area (Å²) in [6.07, 6.45) is 0. The van der Waals surface area contributed by atoms with Crippen LogP contribution in [0.1, 0.15) is 0 Å². The van der Waals surface area contributed by atoms with E-state index in [0.717, 1.165) is 37.1 Å². The van der Waals surface area contributed by atoms with Crippen LogP contribution >= 0.6 is 15.9 Å². The van der Waals surface area contributed by atoms with Crippen molar-refractivity contribution in [2.75, 3.05) is 0 Å². The molecular formula is C88H58BBrO2. The molecule has 0 aromatic heterocycles. The van der Waals surface area contributed by atoms with Gasteiger partial charge in [0.2, 0.25) is 0 Å². The van der Waals surface area contributed by atoms with Crippen molar-refractivity contribution in [2.45, 2.75) is 0 Å². The van der Waals surface area contributed by atoms with Crippen molar-refractivity contribution in [3.63, 3.8) is 0 Å². The van der Waals surface area contributed by atoms with E-state index in [-0.39, 0.29) is 0 Å². The minimum Gasteiger partial charge on any atom is -0.423 e. The Morgan fingerprint density at radius 3 is 0.902 bits per heavy atom. The first kappa shape index (κ1) is 56.3. The van der Waals surface area contributed by atoms with E-state index in [1.807, 2.05) is 42.5 Å². The molecule has 4 heteroatoms. The lowest BCUT2D eigenvalue weighted by Gasteiger charge is -2.19. The third kappa shape index (κ3) is 10.2. The molecule has 0 aliphatic heterocycles. The Bertz CT molecular complexity index is 5790. The van der Waals surface area contributed by atoms with Crippen molar-refractivity contribution in [1.29, 1.82) is 0 Å². The van der Waals surface area contributed by atoms with Crippen molar-refractivity contribution < 1.29 is 10.0 Å². The lowest BCUT2D eigenvalue weighted by molar-refractivity contribution is 0.426. The van der Waals surface area contributed by atoms with Crippen LogP contribution in [0.4, 0.5) is 0 Å². The second kappa shape index (κ2) is 24.1. The maximum absolute atomic E-state index is 10.1. The van der Waals surface area contributed by atoms with Gasteiger partial charge < -0.3 is 10.0 Å². The highest BCUT2D eigenvalue weighted by Gasteiger charge is 2.23. The van der Waals surface area contributed by atoms with Crippen molar-refractivity contribution in [2.24, 2.45) is 0 Å². The Balaban J connectivity index is 0.000000119. The van der Waals surface area contributed by atoms with Gasteiger partial charge in [0.05, 0.1) is 0 Å². The first-order chi connectivity index (χ1) is 45.4. The summed E-state index contributed by atoms with van der Waals surface area (Å²) in [6, 6.07) is 121. The van der Waals surface area contributed by atoms with Gasteiger partial charge in [-0.2, -0.15) is 0 Å². The Morgan fingerprint density at radius 2 is 0.478 bits per heavy atom. The quantitative estimate of drug-likeness (QED) is 0.0990. The Kier molecular flexibility index (Phi) is 14.7. The Morgan fingerprint density at radius 1 is 0.196 bits per heavy atom. The van der Waals surface area contributed by atoms with Gasteiger partial charge >= 0.3 is 7.12 Å². The van der Waals surface area contributed by atoms with E-state index >= 15 is 0 Å². The van der Waals surface area contributed by atoms with Crippen molar-refractivity contribution >= 4 is 136 Å². The van der Waals surface area contributed by atoms with Crippen LogP contribution < -0.4 is 5.46 Å². The van der Waals surface area contributed by atoms with Gasteiger partial charge in [-0.15, -0.1) is 0 Å². The molecule has 0 bridgehead atoms. The van der Waals surface area contributed by atoms with Gasteiger partial charge in [0.15, 0.2) is 0 Å². The Labute approximate surface area is 542 Å². The molecule has 0 heterocycles. The lowest BCUT2D eigenvalue weighted by atomic mass is 9.72. The minimum atomic E-state index is -1.53. The fourth-order valence-electron chi connectivity index (χ4n) is 14.2. The highest BCUT2D eigenvalue weighted by Crippen LogP contribution is 2.47. The van der Waals surface area contributed by atoms with E-state index in [2.05, 4.69) is 313 Å². The van der Waals surface area contributed by atoms with Crippen molar-refractivity contribution in [3.8, 4) is 55.6 Å². The summed E-state index contributed by atoms with van der Waals surface area (Å²) in [5.41, 5.74) is 12.9. The molecule has 0 unspecified atom stereocenters. The number of hydrogen-bond acceptors (Lipinski definition) is 2. The zero-order valence-electron chi connectivity index (χ0n) is 50.2. The zero-order valence-corrected chi connectivity index (χ0v) is 51.8. The molecule has 0 radical (unpaired) electrons. The van der Waals surface area contributed by atoms with Crippen LogP contribution in [-0.2, 0) is 0 Å². The summed E-state index contributed by atoms with van der Waals surface area (Å²) in [6.45, 7) is 0. The van der Waals surface area contributed by atoms with Gasteiger partial charge in [-0.3, -0.25) is 0 Å². The SMILES string of the molecule is Brc1cccc(-c2ccc3ccc4ccccc4c3c2)c1.OB(O)c1c2ccccc2c(-c2cccc3ccccc23)c2ccccc12.c1cc(-c2ccc3ccc4ccccc4c3c2)cc(-c2c3ccccc3c(-c3cccc4ccccc34)c3ccccc23)c1. The topological polar surface area (TPSA) is 40.5 Å². The van der Waals surface area contributed by atoms with E-state index in [9.17, 15) is 10.0 Å². The molecule has 0 atom stereocenters. The monoisotopic (exact) mass is 1240 g/mol. The fraction of sp³-hybridized carbons (Fsp3) is 0. The smallest absolute Gasteiger partial charge is 0.423 e. The third-order valence-electron chi connectivity index (χ3n) is 18.4. The third-order valence-corrected chi connectivity index (χ3v) is 18.9. The van der Waals surface area contributed by atoms with Gasteiger partial charge in [0.25, 0.3) is 0 Å². The highest BCUT2D eigenvalue weighted by atomic mass is 79.9. The minimum absolute atomic E-state index is 0.560. The first-order valence-corrected chi connectivity index (χ1v) is 32.1. The van der Waals surface area contributed by atoms with E-state index in [4.69, 9.17) is 0 Å². The second-order valence-corrected chi connectivity index (χ2v) is 24.6. The molecule has 0 aliphatic carbocycles. The summed E-state index contributed by atoms with van der Waals surface area (Å²) < 4.78 is 1.11. The maximum Gasteiger partial charge on any atom is 0.489 e. The average molecular weight is 1240 g/mol. The molecule has 0 fully saturated rings. The molecule has 0 aliphatic rings. The van der Waals surface area contributed by atoms with E-state index < -0.39 is 7.12 Å². The second-order valence-electron chi connectivity index (χ2n) is 23.7. The number of rotatable bonds is 6. The van der Waals surface area contributed by atoms with Crippen LogP contribution in [0.2, 0.25) is 0 Å². The van der Waals surface area contributed by atoms with Gasteiger partial charge in [-0.25, -0.2) is 0 Å². The lowest BCUT2D eigenvalue weighted by Crippen LogP contribution is -2.31. The molecule has 18 aromatic carbocycles. The molecule has 18 aromatic rings. The molecule has 0 saturated carbocycles. The number of halogens is 1. The molecule has 0 saturated heterocycles. The number of hydrogen-bond donors (Lipinski definition) is 2. The summed E-state index contributed by atoms with van der Waals surface area (Å²) in [7, 11) is -1.53. The summed E-state index contributed by atoms with van der Waals surface area (Å²) in [4.78, 5) is 0. The van der Waals surface area contributed by atoms with Crippen molar-refractivity contribution in [3.05, 3.63) is 344 Å². The molecule has 0 spiro atoms. The predicted molar refractivity (Wildman–Crippen MR) is 399 cm³/mol. The fourth-order valence-corrected chi connectivity index (χ4v) is 14.6. The summed E-state index contributed by atoms with van der Waals surface area (Å²) in [5.74, 6) is 0. The van der Waals surface area contributed by atoms with E-state index in [1.54, 1.807) is 0 Å². The molecule has 18 rings (SSSR count). The van der Waals surface area contributed by atoms with Crippen LogP contribution in [0.25, 0.3) is 163 Å². The van der Waals surface area contributed by atoms with Gasteiger partial charge in [0, 0.05) is 4.47 Å². The standard InChI is InChI=1S/C44H28.C24H17BO2.C20H13Br/c1-3-16-35-29(11-1)13-10-22-37(35)44-40-20-7-5-18-38(40)43(39-19-6-8-21-41(39)44)34-15-9-14-32(27-34)33-26-25-31-24-23-30-12-2-4-17-36(30)42(31)28-33;26-25(27)24-21-13-5-3-11-19(21)23(20-12-4-6-14-22(20)24)18-15-7-9-16-8-1-2-10-17(16)18;21-18-6-3-5-16(12-18)17-11-10-15-9-8-14-4-1-2-7-19(14)20(15)13-17/h1-28H;1-15,26-27H;1-13H. The van der Waals surface area contributed by atoms with Crippen LogP contribution in [0.3, 0.4) is 0 Å². The molecule has 2 N–H and O–H groups in total. The van der Waals surface area contributed by atoms with E-state index in [1.165, 1.54) is 131 Å². The number of fused-ring (bicyclic) bond motifs is 12. The van der Waals surface area contributed by atoms with Gasteiger partial charge in [-0.1, -0.05) is 325 Å². The van der Waals surface area contributed by atoms with Crippen LogP contribution in [-0.4, -0.2) is 17.2 Å². The normalized spacial score (nSPS) is 11.4. The molecular weight excluding hydrogens is 1180 g/mol. The van der Waals surface area contributed by atoms with E-state index in [0.29, 0.717) is 5.46 Å². The first-order valence-electron chi connectivity index (χ1n) is 31.3. The average Bonchev–Trinajstić information content (AvgIpc) is 0.761. The highest BCUT2D eigenvalue weighted by molar-refractivity contribution is 9.10. The molecule has 432 valence electrons. The molecule has 92 heavy (non-hydrogen) atoms. The van der Waals surface area contributed by atoms with Crippen LogP contribution in [0.15, 0.2) is 344 Å².